The molecule has 0 spiro atoms. The molecule has 1 heterocycles. The van der Waals surface area contributed by atoms with Crippen LogP contribution < -0.4 is 15.8 Å². The maximum Gasteiger partial charge on any atom is 0.252 e. The highest BCUT2D eigenvalue weighted by atomic mass is 16.5. The van der Waals surface area contributed by atoms with Crippen LogP contribution in [-0.2, 0) is 4.79 Å². The van der Waals surface area contributed by atoms with Gasteiger partial charge in [0.15, 0.2) is 0 Å². The van der Waals surface area contributed by atoms with Gasteiger partial charge in [-0.2, -0.15) is 0 Å². The number of methoxy groups -OCH3 is 1. The molecule has 0 aromatic heterocycles. The van der Waals surface area contributed by atoms with Gasteiger partial charge in [-0.05, 0) is 42.7 Å². The Balaban J connectivity index is 1.81. The molecule has 2 aromatic rings. The third-order valence-electron chi connectivity index (χ3n) is 4.78. The van der Waals surface area contributed by atoms with Crippen molar-refractivity contribution in [2.45, 2.75) is 24.9 Å². The fourth-order valence-corrected chi connectivity index (χ4v) is 3.28. The molecule has 0 saturated carbocycles. The van der Waals surface area contributed by atoms with E-state index in [0.717, 1.165) is 18.4 Å². The number of hydrogen-bond donors (Lipinski definition) is 2. The van der Waals surface area contributed by atoms with Gasteiger partial charge < -0.3 is 20.7 Å². The van der Waals surface area contributed by atoms with Gasteiger partial charge in [-0.3, -0.25) is 9.59 Å². The first-order valence-electron chi connectivity index (χ1n) is 9.12. The van der Waals surface area contributed by atoms with Crippen LogP contribution in [0, 0.1) is 0 Å². The highest BCUT2D eigenvalue weighted by Gasteiger charge is 2.30. The van der Waals surface area contributed by atoms with Crippen LogP contribution in [0.1, 0.15) is 34.8 Å². The second kappa shape index (κ2) is 8.68. The minimum absolute atomic E-state index is 0.0172. The number of nitrogens with zero attached hydrogens (tertiary/aromatic N) is 1. The van der Waals surface area contributed by atoms with Crippen LogP contribution in [0.4, 0.5) is 0 Å². The normalized spacial score (nSPS) is 17.9. The first-order chi connectivity index (χ1) is 13.1. The lowest BCUT2D eigenvalue weighted by Crippen LogP contribution is -2.50. The highest BCUT2D eigenvalue weighted by Crippen LogP contribution is 2.20. The van der Waals surface area contributed by atoms with Gasteiger partial charge in [0.25, 0.3) is 5.91 Å². The summed E-state index contributed by atoms with van der Waals surface area (Å²) in [5, 5.41) is 2.89. The van der Waals surface area contributed by atoms with Crippen LogP contribution in [0.5, 0.6) is 5.75 Å². The van der Waals surface area contributed by atoms with Crippen LogP contribution in [0.2, 0.25) is 0 Å². The summed E-state index contributed by atoms with van der Waals surface area (Å²) in [4.78, 5) is 27.6. The Morgan fingerprint density at radius 2 is 1.85 bits per heavy atom. The van der Waals surface area contributed by atoms with Gasteiger partial charge in [0, 0.05) is 24.7 Å². The van der Waals surface area contributed by atoms with E-state index in [1.54, 1.807) is 36.3 Å². The zero-order valence-corrected chi connectivity index (χ0v) is 15.4. The Kier molecular flexibility index (Phi) is 6.08. The maximum absolute atomic E-state index is 13.1. The predicted octanol–water partition coefficient (Wildman–Crippen LogP) is 2.12. The number of hydrogen-bond acceptors (Lipinski definition) is 4. The van der Waals surface area contributed by atoms with E-state index < -0.39 is 6.04 Å². The van der Waals surface area contributed by atoms with Crippen molar-refractivity contribution in [1.29, 1.82) is 0 Å². The molecule has 6 nitrogen and oxygen atoms in total. The summed E-state index contributed by atoms with van der Waals surface area (Å²) >= 11 is 0. The van der Waals surface area contributed by atoms with Crippen molar-refractivity contribution in [2.24, 2.45) is 5.73 Å². The fourth-order valence-electron chi connectivity index (χ4n) is 3.28. The fraction of sp³-hybridized carbons (Fsp3) is 0.333. The SMILES string of the molecule is COc1ccc(C(=O)NC(C(=O)N2CCCC(N)C2)c2ccccc2)cc1. The molecule has 0 aliphatic carbocycles. The summed E-state index contributed by atoms with van der Waals surface area (Å²) in [7, 11) is 1.57. The van der Waals surface area contributed by atoms with Crippen LogP contribution in [-0.4, -0.2) is 43.0 Å². The molecular formula is C21H25N3O3. The summed E-state index contributed by atoms with van der Waals surface area (Å²) in [6.45, 7) is 1.18. The smallest absolute Gasteiger partial charge is 0.252 e. The molecule has 2 amide bonds. The summed E-state index contributed by atoms with van der Waals surface area (Å²) in [6.07, 6.45) is 1.79. The molecule has 3 N–H and O–H groups in total. The Bertz CT molecular complexity index is 777. The quantitative estimate of drug-likeness (QED) is 0.848. The van der Waals surface area contributed by atoms with E-state index in [1.807, 2.05) is 30.3 Å². The van der Waals surface area contributed by atoms with Crippen LogP contribution >= 0.6 is 0 Å². The topological polar surface area (TPSA) is 84.7 Å². The lowest BCUT2D eigenvalue weighted by molar-refractivity contribution is -0.134. The monoisotopic (exact) mass is 367 g/mol. The van der Waals surface area contributed by atoms with Crippen molar-refractivity contribution in [1.82, 2.24) is 10.2 Å². The summed E-state index contributed by atoms with van der Waals surface area (Å²) < 4.78 is 5.12. The number of rotatable bonds is 5. The number of carbonyl (C=O) groups is 2. The average molecular weight is 367 g/mol. The van der Waals surface area contributed by atoms with Gasteiger partial charge in [-0.15, -0.1) is 0 Å². The zero-order chi connectivity index (χ0) is 19.2. The third kappa shape index (κ3) is 4.65. The summed E-state index contributed by atoms with van der Waals surface area (Å²) in [6, 6.07) is 15.3. The number of benzene rings is 2. The van der Waals surface area contributed by atoms with Crippen LogP contribution in [0.25, 0.3) is 0 Å². The van der Waals surface area contributed by atoms with Gasteiger partial charge >= 0.3 is 0 Å². The number of likely N-dealkylation sites (tertiary alicyclic amines) is 1. The number of ether oxygens (including phenoxy) is 1. The Labute approximate surface area is 159 Å². The number of amides is 2. The number of carbonyl (C=O) groups excluding carboxylic acids is 2. The molecule has 1 fully saturated rings. The first-order valence-corrected chi connectivity index (χ1v) is 9.12. The second-order valence-electron chi connectivity index (χ2n) is 6.73. The van der Waals surface area contributed by atoms with Gasteiger partial charge in [-0.25, -0.2) is 0 Å². The van der Waals surface area contributed by atoms with E-state index in [0.29, 0.717) is 24.4 Å². The predicted molar refractivity (Wildman–Crippen MR) is 103 cm³/mol. The standard InChI is InChI=1S/C21H25N3O3/c1-27-18-11-9-16(10-12-18)20(25)23-19(15-6-3-2-4-7-15)21(26)24-13-5-8-17(22)14-24/h2-4,6-7,9-12,17,19H,5,8,13-14,22H2,1H3,(H,23,25). The maximum atomic E-state index is 13.1. The molecule has 2 atom stereocenters. The van der Waals surface area contributed by atoms with Crippen molar-refractivity contribution >= 4 is 11.8 Å². The third-order valence-corrected chi connectivity index (χ3v) is 4.78. The molecule has 0 radical (unpaired) electrons. The van der Waals surface area contributed by atoms with Gasteiger partial charge in [0.1, 0.15) is 11.8 Å². The number of nitrogens with one attached hydrogen (secondary N) is 1. The van der Waals surface area contributed by atoms with Crippen molar-refractivity contribution in [2.75, 3.05) is 20.2 Å². The first kappa shape index (κ1) is 18.9. The average Bonchev–Trinajstić information content (AvgIpc) is 2.72. The van der Waals surface area contributed by atoms with Crippen molar-refractivity contribution in [3.63, 3.8) is 0 Å². The molecule has 27 heavy (non-hydrogen) atoms. The van der Waals surface area contributed by atoms with Gasteiger partial charge in [0.2, 0.25) is 5.91 Å². The van der Waals surface area contributed by atoms with E-state index in [9.17, 15) is 9.59 Å². The number of piperidine rings is 1. The molecular weight excluding hydrogens is 342 g/mol. The van der Waals surface area contributed by atoms with Crippen LogP contribution in [0.3, 0.4) is 0 Å². The van der Waals surface area contributed by atoms with E-state index >= 15 is 0 Å². The molecule has 142 valence electrons. The molecule has 1 aliphatic heterocycles. The van der Waals surface area contributed by atoms with Crippen molar-refractivity contribution < 1.29 is 14.3 Å². The Morgan fingerprint density at radius 1 is 1.15 bits per heavy atom. The van der Waals surface area contributed by atoms with Gasteiger partial charge in [0.05, 0.1) is 7.11 Å². The minimum atomic E-state index is -0.744. The number of nitrogens with two attached hydrogens (primary N) is 1. The molecule has 2 aromatic carbocycles. The van der Waals surface area contributed by atoms with Gasteiger partial charge in [-0.1, -0.05) is 30.3 Å². The second-order valence-corrected chi connectivity index (χ2v) is 6.73. The van der Waals surface area contributed by atoms with Crippen molar-refractivity contribution in [3.05, 3.63) is 65.7 Å². The Morgan fingerprint density at radius 3 is 2.48 bits per heavy atom. The van der Waals surface area contributed by atoms with Crippen molar-refractivity contribution in [3.8, 4) is 5.75 Å². The molecule has 2 unspecified atom stereocenters. The highest BCUT2D eigenvalue weighted by molar-refractivity contribution is 5.98. The molecule has 1 aliphatic rings. The lowest BCUT2D eigenvalue weighted by Gasteiger charge is -2.33. The zero-order valence-electron chi connectivity index (χ0n) is 15.4. The molecule has 0 bridgehead atoms. The largest absolute Gasteiger partial charge is 0.497 e. The minimum Gasteiger partial charge on any atom is -0.497 e. The van der Waals surface area contributed by atoms with E-state index in [1.165, 1.54) is 0 Å². The molecule has 1 saturated heterocycles. The molecule has 6 heteroatoms. The van der Waals surface area contributed by atoms with E-state index in [2.05, 4.69) is 5.32 Å². The molecule has 3 rings (SSSR count). The van der Waals surface area contributed by atoms with Crippen LogP contribution in [0.15, 0.2) is 54.6 Å². The van der Waals surface area contributed by atoms with E-state index in [-0.39, 0.29) is 17.9 Å². The lowest BCUT2D eigenvalue weighted by atomic mass is 10.0. The van der Waals surface area contributed by atoms with E-state index in [4.69, 9.17) is 10.5 Å². The Hall–Kier alpha value is -2.86. The summed E-state index contributed by atoms with van der Waals surface area (Å²) in [5.74, 6) is 0.240. The summed E-state index contributed by atoms with van der Waals surface area (Å²) in [5.41, 5.74) is 7.25.